The number of carbonyl (C=O) groups is 4. The predicted molar refractivity (Wildman–Crippen MR) is 101 cm³/mol. The largest absolute Gasteiger partial charge is 2.00 e. The second kappa shape index (κ2) is 12.7. The van der Waals surface area contributed by atoms with Crippen LogP contribution in [-0.2, 0) is 49.7 Å². The van der Waals surface area contributed by atoms with Crippen LogP contribution >= 0.6 is 0 Å². The summed E-state index contributed by atoms with van der Waals surface area (Å²) < 4.78 is 9.00. The zero-order valence-corrected chi connectivity index (χ0v) is 20.1. The Morgan fingerprint density at radius 3 is 1.58 bits per heavy atom. The van der Waals surface area contributed by atoms with Crippen LogP contribution in [0, 0.1) is 0 Å². The van der Waals surface area contributed by atoms with Crippen LogP contribution in [0.1, 0.15) is 53.4 Å². The minimum atomic E-state index is -0.796. The van der Waals surface area contributed by atoms with E-state index in [2.05, 4.69) is 9.47 Å². The van der Waals surface area contributed by atoms with Crippen LogP contribution in [0.15, 0.2) is 22.7 Å². The van der Waals surface area contributed by atoms with Gasteiger partial charge in [0.1, 0.15) is 6.10 Å². The van der Waals surface area contributed by atoms with Crippen LogP contribution in [-0.4, -0.2) is 47.8 Å². The Morgan fingerprint density at radius 1 is 0.935 bits per heavy atom. The van der Waals surface area contributed by atoms with Crippen LogP contribution in [0.4, 0.5) is 0 Å². The fourth-order valence-corrected chi connectivity index (χ4v) is 2.98. The molecule has 1 saturated carbocycles. The fourth-order valence-electron chi connectivity index (χ4n) is 2.98. The van der Waals surface area contributed by atoms with E-state index in [4.69, 9.17) is 11.5 Å². The van der Waals surface area contributed by atoms with Gasteiger partial charge in [-0.2, -0.15) is 0 Å². The molecule has 176 valence electrons. The molecule has 4 atom stereocenters. The Morgan fingerprint density at radius 2 is 1.39 bits per heavy atom. The van der Waals surface area contributed by atoms with Crippen molar-refractivity contribution in [1.29, 1.82) is 0 Å². The van der Waals surface area contributed by atoms with E-state index in [1.165, 1.54) is 40.5 Å². The van der Waals surface area contributed by atoms with Gasteiger partial charge in [-0.3, -0.25) is 9.59 Å². The molecule has 0 spiro atoms. The number of hydrogen-bond acceptors (Lipinski definition) is 10. The van der Waals surface area contributed by atoms with E-state index >= 15 is 0 Å². The molecule has 2 fully saturated rings. The van der Waals surface area contributed by atoms with Gasteiger partial charge >= 0.3 is 33.0 Å². The number of ether oxygens (including phenoxy) is 2. The van der Waals surface area contributed by atoms with Gasteiger partial charge in [0.2, 0.25) is 5.78 Å². The van der Waals surface area contributed by atoms with E-state index in [1.807, 2.05) is 0 Å². The monoisotopic (exact) mass is 619 g/mol. The molecule has 4 N–H and O–H groups in total. The van der Waals surface area contributed by atoms with E-state index in [-0.39, 0.29) is 44.3 Å². The second-order valence-electron chi connectivity index (χ2n) is 7.30. The van der Waals surface area contributed by atoms with E-state index in [0.29, 0.717) is 0 Å². The van der Waals surface area contributed by atoms with Gasteiger partial charge in [-0.1, -0.05) is 25.5 Å². The zero-order valence-electron chi connectivity index (χ0n) is 17.9. The Balaban J connectivity index is 0.000000434. The van der Waals surface area contributed by atoms with Crippen molar-refractivity contribution in [3.63, 3.8) is 0 Å². The number of hydrogen-bond donors (Lipinski definition) is 2. The molecule has 3 unspecified atom stereocenters. The topological polar surface area (TPSA) is 185 Å². The summed E-state index contributed by atoms with van der Waals surface area (Å²) >= 11 is 0. The molecule has 11 heteroatoms. The van der Waals surface area contributed by atoms with E-state index < -0.39 is 47.2 Å². The number of cyclic esters (lactones) is 2. The van der Waals surface area contributed by atoms with E-state index in [9.17, 15) is 29.4 Å². The summed E-state index contributed by atoms with van der Waals surface area (Å²) in [5.74, 6) is -3.66. The quantitative estimate of drug-likeness (QED) is 0.151. The van der Waals surface area contributed by atoms with Crippen molar-refractivity contribution in [1.82, 2.24) is 0 Å². The molecule has 3 rings (SSSR count). The number of Topliss-reactive ketones (excluding diaryl/α,β-unsaturated/α-hetero) is 2. The maximum absolute atomic E-state index is 11.0. The van der Waals surface area contributed by atoms with Crippen molar-refractivity contribution in [2.24, 2.45) is 11.5 Å². The van der Waals surface area contributed by atoms with Crippen LogP contribution in [0.3, 0.4) is 0 Å². The molecule has 0 aromatic rings. The van der Waals surface area contributed by atoms with E-state index in [1.54, 1.807) is 0 Å². The first-order chi connectivity index (χ1) is 13.9. The molecule has 0 radical (unpaired) electrons. The van der Waals surface area contributed by atoms with E-state index in [0.717, 1.165) is 12.8 Å². The molecule has 2 heterocycles. The maximum Gasteiger partial charge on any atom is 2.00 e. The van der Waals surface area contributed by atoms with Crippen LogP contribution in [0.2, 0.25) is 0 Å². The molecule has 1 saturated heterocycles. The molecule has 1 aliphatic carbocycles. The molecule has 0 bridgehead atoms. The van der Waals surface area contributed by atoms with Gasteiger partial charge in [0.15, 0.2) is 11.9 Å². The fraction of sp³-hybridized carbons (Fsp3) is 0.600. The van der Waals surface area contributed by atoms with Gasteiger partial charge in [0.05, 0.1) is 11.1 Å². The third-order valence-corrected chi connectivity index (χ3v) is 4.79. The maximum atomic E-state index is 11.0. The molecule has 3 aliphatic rings. The summed E-state index contributed by atoms with van der Waals surface area (Å²) in [6, 6.07) is 0.562. The summed E-state index contributed by atoms with van der Waals surface area (Å²) in [7, 11) is 0. The van der Waals surface area contributed by atoms with Gasteiger partial charge in [-0.25, -0.2) is 9.59 Å². The standard InChI is InChI=1S/2C7H8O4.C6H14N2.Pt/c2*1-3(8)5-6(9)4(2)11-7(5)10;7-5-3-1-2-4-6(5)8;/h4,9H,1-2H3;4,8H,1-2H3;5-6H,1-4,7-8H2;/q;;;+2/p-2/b;5-3-;;/t4-;;;/m0.../s1. The first kappa shape index (κ1) is 29.0. The second-order valence-corrected chi connectivity index (χ2v) is 7.30. The summed E-state index contributed by atoms with van der Waals surface area (Å²) in [6.07, 6.45) is 3.22. The van der Waals surface area contributed by atoms with Gasteiger partial charge in [-0.15, -0.1) is 5.76 Å². The van der Waals surface area contributed by atoms with Crippen molar-refractivity contribution >= 4 is 23.5 Å². The molecular formula is C20H28N2O8Pt. The zero-order chi connectivity index (χ0) is 23.2. The molecule has 0 aromatic carbocycles. The SMILES string of the molecule is C/C([O-])=C1/C(=O)OC(C)C1=O.CC(=O)C1=C([O-])[C@H](C)OC1=O.NC1CCCCC1N.[Pt+2]. The van der Waals surface area contributed by atoms with Gasteiger partial charge < -0.3 is 31.2 Å². The average Bonchev–Trinajstić information content (AvgIpc) is 3.05. The Bertz CT molecular complexity index is 763. The average molecular weight is 620 g/mol. The summed E-state index contributed by atoms with van der Waals surface area (Å²) in [6.45, 7) is 5.23. The molecule has 31 heavy (non-hydrogen) atoms. The Kier molecular flexibility index (Phi) is 11.9. The van der Waals surface area contributed by atoms with Crippen molar-refractivity contribution in [3.05, 3.63) is 22.7 Å². The molecule has 2 aliphatic heterocycles. The van der Waals surface area contributed by atoms with Crippen LogP contribution in [0.5, 0.6) is 0 Å². The van der Waals surface area contributed by atoms with Gasteiger partial charge in [0, 0.05) is 12.1 Å². The molecule has 10 nitrogen and oxygen atoms in total. The number of ketones is 2. The summed E-state index contributed by atoms with van der Waals surface area (Å²) in [4.78, 5) is 43.1. The number of carbonyl (C=O) groups excluding carboxylic acids is 4. The minimum Gasteiger partial charge on any atom is -0.875 e. The number of allylic oxidation sites excluding steroid dienone is 1. The van der Waals surface area contributed by atoms with Crippen molar-refractivity contribution < 1.29 is 59.9 Å². The van der Waals surface area contributed by atoms with Crippen LogP contribution < -0.4 is 21.7 Å². The Hall–Kier alpha value is -2.03. The van der Waals surface area contributed by atoms with Gasteiger partial charge in [0.25, 0.3) is 0 Å². The van der Waals surface area contributed by atoms with Crippen molar-refractivity contribution in [2.45, 2.75) is 77.7 Å². The minimum absolute atomic E-state index is 0. The van der Waals surface area contributed by atoms with Gasteiger partial charge in [-0.05, 0) is 33.6 Å². The normalized spacial score (nSPS) is 28.9. The van der Waals surface area contributed by atoms with Crippen LogP contribution in [0.25, 0.3) is 0 Å². The van der Waals surface area contributed by atoms with Crippen molar-refractivity contribution in [2.75, 3.05) is 0 Å². The molecule has 0 amide bonds. The first-order valence-electron chi connectivity index (χ1n) is 9.65. The molecular weight excluding hydrogens is 591 g/mol. The number of nitrogens with two attached hydrogens (primary N) is 2. The predicted octanol–water partition coefficient (Wildman–Crippen LogP) is -1.52. The third-order valence-electron chi connectivity index (χ3n) is 4.79. The number of rotatable bonds is 1. The molecule has 0 aromatic heterocycles. The Labute approximate surface area is 195 Å². The first-order valence-corrected chi connectivity index (χ1v) is 9.65. The smallest absolute Gasteiger partial charge is 0.875 e. The summed E-state index contributed by atoms with van der Waals surface area (Å²) in [5, 5.41) is 21.6. The number of esters is 2. The summed E-state index contributed by atoms with van der Waals surface area (Å²) in [5.41, 5.74) is 10.6. The van der Waals surface area contributed by atoms with Crippen molar-refractivity contribution in [3.8, 4) is 0 Å². The third kappa shape index (κ3) is 7.87.